The van der Waals surface area contributed by atoms with E-state index in [0.717, 1.165) is 6.26 Å². The molecule has 1 heterocycles. The molecule has 0 spiro atoms. The van der Waals surface area contributed by atoms with Gasteiger partial charge in [0.25, 0.3) is 0 Å². The van der Waals surface area contributed by atoms with E-state index in [1.807, 2.05) is 13.8 Å². The molecule has 0 radical (unpaired) electrons. The van der Waals surface area contributed by atoms with Crippen molar-refractivity contribution < 1.29 is 13.2 Å². The Hall–Kier alpha value is -0.620. The van der Waals surface area contributed by atoms with Gasteiger partial charge in [0.15, 0.2) is 9.84 Å². The highest BCUT2D eigenvalue weighted by atomic mass is 32.2. The maximum absolute atomic E-state index is 12.1. The van der Waals surface area contributed by atoms with Crippen molar-refractivity contribution in [1.29, 1.82) is 0 Å². The van der Waals surface area contributed by atoms with E-state index in [1.54, 1.807) is 4.90 Å². The van der Waals surface area contributed by atoms with Crippen molar-refractivity contribution in [2.45, 2.75) is 38.1 Å². The molecule has 1 fully saturated rings. The molecule has 1 N–H and O–H groups in total. The van der Waals surface area contributed by atoms with Gasteiger partial charge in [0, 0.05) is 31.4 Å². The quantitative estimate of drug-likeness (QED) is 0.724. The van der Waals surface area contributed by atoms with E-state index in [-0.39, 0.29) is 18.0 Å². The number of carbonyl (C=O) groups excluding carboxylic acids is 1. The van der Waals surface area contributed by atoms with Crippen LogP contribution in [0.3, 0.4) is 0 Å². The largest absolute Gasteiger partial charge is 0.334 e. The SMILES string of the molecule is CC1CNCC(C)N1C(=O)C(C)S(C)(=O)=O. The third-order valence-corrected chi connectivity index (χ3v) is 4.56. The van der Waals surface area contributed by atoms with Crippen LogP contribution in [0, 0.1) is 0 Å². The summed E-state index contributed by atoms with van der Waals surface area (Å²) in [5.41, 5.74) is 0. The first-order valence-electron chi connectivity index (χ1n) is 5.47. The first-order valence-corrected chi connectivity index (χ1v) is 7.42. The van der Waals surface area contributed by atoms with Crippen LogP contribution in [0.25, 0.3) is 0 Å². The monoisotopic (exact) mass is 248 g/mol. The van der Waals surface area contributed by atoms with Gasteiger partial charge in [0.05, 0.1) is 0 Å². The molecule has 1 aliphatic rings. The van der Waals surface area contributed by atoms with Crippen LogP contribution in [0.2, 0.25) is 0 Å². The number of hydrogen-bond donors (Lipinski definition) is 1. The maximum atomic E-state index is 12.1. The minimum Gasteiger partial charge on any atom is -0.334 e. The molecule has 1 amide bonds. The zero-order valence-electron chi connectivity index (χ0n) is 10.2. The Morgan fingerprint density at radius 3 is 2.12 bits per heavy atom. The average molecular weight is 248 g/mol. The number of sulfone groups is 1. The lowest BCUT2D eigenvalue weighted by Crippen LogP contribution is -2.59. The molecule has 94 valence electrons. The second-order valence-electron chi connectivity index (χ2n) is 4.57. The second kappa shape index (κ2) is 4.71. The predicted molar refractivity (Wildman–Crippen MR) is 62.9 cm³/mol. The molecule has 3 atom stereocenters. The van der Waals surface area contributed by atoms with Crippen molar-refractivity contribution in [3.05, 3.63) is 0 Å². The van der Waals surface area contributed by atoms with Crippen LogP contribution in [0.1, 0.15) is 20.8 Å². The summed E-state index contributed by atoms with van der Waals surface area (Å²) in [5.74, 6) is -0.288. The molecule has 1 rings (SSSR count). The van der Waals surface area contributed by atoms with Crippen LogP contribution in [-0.2, 0) is 14.6 Å². The summed E-state index contributed by atoms with van der Waals surface area (Å²) in [6, 6.07) is 0.0842. The standard InChI is InChI=1S/C10H20N2O3S/c1-7-5-11-6-8(2)12(7)10(13)9(3)16(4,14)15/h7-9,11H,5-6H2,1-4H3. The highest BCUT2D eigenvalue weighted by Gasteiger charge is 2.35. The Morgan fingerprint density at radius 1 is 1.31 bits per heavy atom. The summed E-state index contributed by atoms with van der Waals surface area (Å²) in [6.45, 7) is 6.74. The summed E-state index contributed by atoms with van der Waals surface area (Å²) >= 11 is 0. The van der Waals surface area contributed by atoms with Crippen LogP contribution in [0.4, 0.5) is 0 Å². The second-order valence-corrected chi connectivity index (χ2v) is 6.94. The Balaban J connectivity index is 2.87. The summed E-state index contributed by atoms with van der Waals surface area (Å²) in [4.78, 5) is 13.8. The Morgan fingerprint density at radius 2 is 1.75 bits per heavy atom. The molecule has 6 heteroatoms. The molecule has 1 saturated heterocycles. The van der Waals surface area contributed by atoms with E-state index >= 15 is 0 Å². The molecule has 3 unspecified atom stereocenters. The van der Waals surface area contributed by atoms with Crippen LogP contribution in [0.5, 0.6) is 0 Å². The minimum atomic E-state index is -3.31. The lowest BCUT2D eigenvalue weighted by atomic mass is 10.1. The van der Waals surface area contributed by atoms with Crippen molar-refractivity contribution in [2.24, 2.45) is 0 Å². The summed E-state index contributed by atoms with van der Waals surface area (Å²) in [5, 5.41) is 2.25. The topological polar surface area (TPSA) is 66.5 Å². The molecule has 0 aromatic carbocycles. The van der Waals surface area contributed by atoms with Crippen molar-refractivity contribution >= 4 is 15.7 Å². The normalized spacial score (nSPS) is 28.9. The van der Waals surface area contributed by atoms with Crippen molar-refractivity contribution in [2.75, 3.05) is 19.3 Å². The number of amides is 1. The predicted octanol–water partition coefficient (Wildman–Crippen LogP) is -0.372. The number of nitrogens with zero attached hydrogens (tertiary/aromatic N) is 1. The first-order chi connectivity index (χ1) is 7.25. The van der Waals surface area contributed by atoms with E-state index in [2.05, 4.69) is 5.32 Å². The number of rotatable bonds is 2. The van der Waals surface area contributed by atoms with Crippen molar-refractivity contribution in [3.63, 3.8) is 0 Å². The molecule has 16 heavy (non-hydrogen) atoms. The Kier molecular flexibility index (Phi) is 3.96. The molecular formula is C10H20N2O3S. The van der Waals surface area contributed by atoms with E-state index in [9.17, 15) is 13.2 Å². The van der Waals surface area contributed by atoms with E-state index in [0.29, 0.717) is 13.1 Å². The third-order valence-electron chi connectivity index (χ3n) is 3.07. The van der Waals surface area contributed by atoms with Gasteiger partial charge in [-0.3, -0.25) is 4.79 Å². The fourth-order valence-electron chi connectivity index (χ4n) is 1.96. The average Bonchev–Trinajstić information content (AvgIpc) is 2.14. The van der Waals surface area contributed by atoms with Gasteiger partial charge in [-0.1, -0.05) is 0 Å². The van der Waals surface area contributed by atoms with Gasteiger partial charge in [0.1, 0.15) is 5.25 Å². The summed E-state index contributed by atoms with van der Waals surface area (Å²) in [6.07, 6.45) is 1.10. The molecule has 0 aromatic rings. The Labute approximate surface area is 97.1 Å². The molecule has 0 saturated carbocycles. The molecule has 1 aliphatic heterocycles. The third kappa shape index (κ3) is 2.74. The fourth-order valence-corrected chi connectivity index (χ4v) is 2.45. The maximum Gasteiger partial charge on any atom is 0.241 e. The number of nitrogens with one attached hydrogen (secondary N) is 1. The van der Waals surface area contributed by atoms with E-state index in [1.165, 1.54) is 6.92 Å². The lowest BCUT2D eigenvalue weighted by molar-refractivity contribution is -0.135. The van der Waals surface area contributed by atoms with Crippen molar-refractivity contribution in [3.8, 4) is 0 Å². The van der Waals surface area contributed by atoms with Gasteiger partial charge in [-0.15, -0.1) is 0 Å². The van der Waals surface area contributed by atoms with Gasteiger partial charge < -0.3 is 10.2 Å². The van der Waals surface area contributed by atoms with Crippen LogP contribution in [-0.4, -0.2) is 55.9 Å². The van der Waals surface area contributed by atoms with Crippen LogP contribution >= 0.6 is 0 Å². The van der Waals surface area contributed by atoms with Crippen LogP contribution < -0.4 is 5.32 Å². The highest BCUT2D eigenvalue weighted by molar-refractivity contribution is 7.92. The molecule has 5 nitrogen and oxygen atoms in total. The van der Waals surface area contributed by atoms with E-state index in [4.69, 9.17) is 0 Å². The fraction of sp³-hybridized carbons (Fsp3) is 0.900. The van der Waals surface area contributed by atoms with Crippen LogP contribution in [0.15, 0.2) is 0 Å². The summed E-state index contributed by atoms with van der Waals surface area (Å²) in [7, 11) is -3.31. The van der Waals surface area contributed by atoms with Gasteiger partial charge >= 0.3 is 0 Å². The Bertz CT molecular complexity index is 356. The van der Waals surface area contributed by atoms with E-state index < -0.39 is 15.1 Å². The zero-order chi connectivity index (χ0) is 12.5. The number of hydrogen-bond acceptors (Lipinski definition) is 4. The van der Waals surface area contributed by atoms with Gasteiger partial charge in [0.2, 0.25) is 5.91 Å². The number of carbonyl (C=O) groups is 1. The van der Waals surface area contributed by atoms with Gasteiger partial charge in [-0.2, -0.15) is 0 Å². The first kappa shape index (κ1) is 13.4. The molecular weight excluding hydrogens is 228 g/mol. The molecule has 0 bridgehead atoms. The highest BCUT2D eigenvalue weighted by Crippen LogP contribution is 2.14. The lowest BCUT2D eigenvalue weighted by Gasteiger charge is -2.40. The molecule has 0 aliphatic carbocycles. The smallest absolute Gasteiger partial charge is 0.241 e. The summed E-state index contributed by atoms with van der Waals surface area (Å²) < 4.78 is 22.7. The zero-order valence-corrected chi connectivity index (χ0v) is 11.0. The van der Waals surface area contributed by atoms with Crippen molar-refractivity contribution in [1.82, 2.24) is 10.2 Å². The minimum absolute atomic E-state index is 0.0421. The van der Waals surface area contributed by atoms with Gasteiger partial charge in [-0.05, 0) is 20.8 Å². The molecule has 0 aromatic heterocycles. The van der Waals surface area contributed by atoms with Gasteiger partial charge in [-0.25, -0.2) is 8.42 Å². The number of piperazine rings is 1.